The fourth-order valence-electron chi connectivity index (χ4n) is 1.50. The van der Waals surface area contributed by atoms with E-state index in [2.05, 4.69) is 10.4 Å². The van der Waals surface area contributed by atoms with Crippen LogP contribution in [0.5, 0.6) is 0 Å². The molecule has 2 rings (SSSR count). The van der Waals surface area contributed by atoms with E-state index in [0.717, 1.165) is 17.8 Å². The molecule has 0 unspecified atom stereocenters. The molecule has 0 spiro atoms. The summed E-state index contributed by atoms with van der Waals surface area (Å²) in [6.45, 7) is 0.620. The smallest absolute Gasteiger partial charge is 0.162 e. The van der Waals surface area contributed by atoms with Gasteiger partial charge in [0.1, 0.15) is 16.6 Å². The third-order valence-corrected chi connectivity index (χ3v) is 3.59. The summed E-state index contributed by atoms with van der Waals surface area (Å²) in [6, 6.07) is 2.50. The van der Waals surface area contributed by atoms with E-state index in [-0.39, 0.29) is 11.8 Å². The number of rotatable bonds is 4. The molecule has 0 bridgehead atoms. The van der Waals surface area contributed by atoms with Crippen LogP contribution in [0.4, 0.5) is 5.00 Å². The molecule has 6 heteroatoms. The molecule has 1 N–H and O–H groups in total. The number of hydrogen-bond acceptors (Lipinski definition) is 5. The molecule has 1 aliphatic carbocycles. The quantitative estimate of drug-likeness (QED) is 0.873. The Kier molecular flexibility index (Phi) is 3.10. The molecule has 0 aliphatic heterocycles. The zero-order valence-electron chi connectivity index (χ0n) is 7.98. The molecule has 1 fully saturated rings. The molecule has 1 saturated carbocycles. The zero-order valence-corrected chi connectivity index (χ0v) is 9.55. The average molecular weight is 244 g/mol. The minimum Gasteiger partial charge on any atom is -0.395 e. The Balaban J connectivity index is 2.29. The molecule has 0 amide bonds. The lowest BCUT2D eigenvalue weighted by atomic mass is 10.3. The van der Waals surface area contributed by atoms with E-state index < -0.39 is 0 Å². The van der Waals surface area contributed by atoms with E-state index in [1.807, 2.05) is 4.90 Å². The van der Waals surface area contributed by atoms with E-state index in [1.54, 1.807) is 0 Å². The third-order valence-electron chi connectivity index (χ3n) is 2.33. The second-order valence-electron chi connectivity index (χ2n) is 3.41. The van der Waals surface area contributed by atoms with Gasteiger partial charge in [-0.2, -0.15) is 9.64 Å². The highest BCUT2D eigenvalue weighted by atomic mass is 35.5. The van der Waals surface area contributed by atoms with Crippen molar-refractivity contribution < 1.29 is 5.11 Å². The molecule has 0 radical (unpaired) electrons. The first kappa shape index (κ1) is 10.7. The van der Waals surface area contributed by atoms with E-state index in [0.29, 0.717) is 18.2 Å². The van der Waals surface area contributed by atoms with Crippen molar-refractivity contribution in [2.24, 2.45) is 0 Å². The van der Waals surface area contributed by atoms with Crippen molar-refractivity contribution in [3.63, 3.8) is 0 Å². The summed E-state index contributed by atoms with van der Waals surface area (Å²) in [6.07, 6.45) is 2.22. The minimum atomic E-state index is 0.0802. The van der Waals surface area contributed by atoms with Gasteiger partial charge in [0.15, 0.2) is 5.15 Å². The topological polar surface area (TPSA) is 60.2 Å². The van der Waals surface area contributed by atoms with Crippen molar-refractivity contribution in [2.45, 2.75) is 18.9 Å². The molecule has 0 saturated heterocycles. The number of aliphatic hydroxyl groups is 1. The summed E-state index contributed by atoms with van der Waals surface area (Å²) in [7, 11) is 0. The molecule has 1 aromatic heterocycles. The van der Waals surface area contributed by atoms with Crippen molar-refractivity contribution in [2.75, 3.05) is 18.1 Å². The summed E-state index contributed by atoms with van der Waals surface area (Å²) in [5.41, 5.74) is 0.432. The largest absolute Gasteiger partial charge is 0.395 e. The van der Waals surface area contributed by atoms with Crippen LogP contribution >= 0.6 is 23.1 Å². The number of hydrogen-bond donors (Lipinski definition) is 1. The fourth-order valence-corrected chi connectivity index (χ4v) is 2.62. The van der Waals surface area contributed by atoms with Gasteiger partial charge in [-0.05, 0) is 24.4 Å². The van der Waals surface area contributed by atoms with Crippen LogP contribution in [0, 0.1) is 11.3 Å². The van der Waals surface area contributed by atoms with Gasteiger partial charge >= 0.3 is 0 Å². The van der Waals surface area contributed by atoms with Crippen molar-refractivity contribution in [3.8, 4) is 6.07 Å². The van der Waals surface area contributed by atoms with E-state index >= 15 is 0 Å². The lowest BCUT2D eigenvalue weighted by Gasteiger charge is -2.21. The van der Waals surface area contributed by atoms with Gasteiger partial charge in [0.05, 0.1) is 6.61 Å². The molecule has 1 aromatic rings. The summed E-state index contributed by atoms with van der Waals surface area (Å²) < 4.78 is 3.96. The Morgan fingerprint density at radius 1 is 1.67 bits per heavy atom. The first-order chi connectivity index (χ1) is 7.27. The zero-order chi connectivity index (χ0) is 10.8. The van der Waals surface area contributed by atoms with Crippen LogP contribution in [0.15, 0.2) is 0 Å². The van der Waals surface area contributed by atoms with Crippen molar-refractivity contribution >= 4 is 28.1 Å². The first-order valence-electron chi connectivity index (χ1n) is 4.70. The second-order valence-corrected chi connectivity index (χ2v) is 4.52. The van der Waals surface area contributed by atoms with E-state index in [9.17, 15) is 0 Å². The number of aliphatic hydroxyl groups excluding tert-OH is 1. The lowest BCUT2D eigenvalue weighted by Crippen LogP contribution is -2.28. The summed E-state index contributed by atoms with van der Waals surface area (Å²) >= 11 is 7.03. The van der Waals surface area contributed by atoms with E-state index in [4.69, 9.17) is 22.0 Å². The average Bonchev–Trinajstić information content (AvgIpc) is 2.99. The maximum atomic E-state index is 8.97. The van der Waals surface area contributed by atoms with Gasteiger partial charge in [-0.15, -0.1) is 0 Å². The third kappa shape index (κ3) is 2.07. The highest BCUT2D eigenvalue weighted by Crippen LogP contribution is 2.38. The molecule has 1 aliphatic rings. The monoisotopic (exact) mass is 243 g/mol. The molecular formula is C9H10ClN3OS. The van der Waals surface area contributed by atoms with Crippen LogP contribution in [0.2, 0.25) is 5.15 Å². The maximum absolute atomic E-state index is 8.97. The van der Waals surface area contributed by atoms with Crippen LogP contribution in [0.3, 0.4) is 0 Å². The van der Waals surface area contributed by atoms with Crippen LogP contribution < -0.4 is 4.90 Å². The molecule has 0 aromatic carbocycles. The molecule has 0 atom stereocenters. The number of halogens is 1. The Morgan fingerprint density at radius 3 is 2.93 bits per heavy atom. The normalized spacial score (nSPS) is 15.0. The fraction of sp³-hybridized carbons (Fsp3) is 0.556. The highest BCUT2D eigenvalue weighted by molar-refractivity contribution is 7.10. The molecule has 1 heterocycles. The summed E-state index contributed by atoms with van der Waals surface area (Å²) in [5.74, 6) is 0. The molecule has 4 nitrogen and oxygen atoms in total. The molecular weight excluding hydrogens is 234 g/mol. The van der Waals surface area contributed by atoms with Crippen molar-refractivity contribution in [1.82, 2.24) is 4.37 Å². The summed E-state index contributed by atoms with van der Waals surface area (Å²) in [5, 5.41) is 19.0. The number of anilines is 1. The minimum absolute atomic E-state index is 0.0802. The van der Waals surface area contributed by atoms with E-state index in [1.165, 1.54) is 11.5 Å². The first-order valence-corrected chi connectivity index (χ1v) is 5.86. The van der Waals surface area contributed by atoms with Crippen LogP contribution in [0.1, 0.15) is 18.4 Å². The number of nitriles is 1. The predicted molar refractivity (Wildman–Crippen MR) is 59.3 cm³/mol. The number of aromatic nitrogens is 1. The SMILES string of the molecule is N#Cc1c(Cl)nsc1N(CCO)C1CC1. The van der Waals surface area contributed by atoms with Gasteiger partial charge in [-0.25, -0.2) is 0 Å². The van der Waals surface area contributed by atoms with Gasteiger partial charge in [-0.3, -0.25) is 0 Å². The Hall–Kier alpha value is -0.830. The van der Waals surface area contributed by atoms with Crippen LogP contribution in [0.25, 0.3) is 0 Å². The number of nitrogens with zero attached hydrogens (tertiary/aromatic N) is 3. The van der Waals surface area contributed by atoms with Crippen LogP contribution in [-0.4, -0.2) is 28.7 Å². The van der Waals surface area contributed by atoms with Gasteiger partial charge in [0.25, 0.3) is 0 Å². The van der Waals surface area contributed by atoms with Crippen molar-refractivity contribution in [1.29, 1.82) is 5.26 Å². The molecule has 80 valence electrons. The lowest BCUT2D eigenvalue weighted by molar-refractivity contribution is 0.301. The maximum Gasteiger partial charge on any atom is 0.162 e. The van der Waals surface area contributed by atoms with Crippen LogP contribution in [-0.2, 0) is 0 Å². The Bertz CT molecular complexity index is 397. The van der Waals surface area contributed by atoms with Gasteiger partial charge < -0.3 is 10.0 Å². The van der Waals surface area contributed by atoms with Gasteiger partial charge in [-0.1, -0.05) is 11.6 Å². The highest BCUT2D eigenvalue weighted by Gasteiger charge is 2.32. The van der Waals surface area contributed by atoms with Gasteiger partial charge in [0.2, 0.25) is 0 Å². The Labute approximate surface area is 96.9 Å². The summed E-state index contributed by atoms with van der Waals surface area (Å²) in [4.78, 5) is 2.03. The Morgan fingerprint density at radius 2 is 2.40 bits per heavy atom. The predicted octanol–water partition coefficient (Wildman–Crippen LogP) is 1.63. The standard InChI is InChI=1S/C9H10ClN3OS/c10-8-7(5-11)9(15-12-8)13(3-4-14)6-1-2-6/h6,14H,1-4H2. The van der Waals surface area contributed by atoms with Crippen molar-refractivity contribution in [3.05, 3.63) is 10.7 Å². The molecule has 15 heavy (non-hydrogen) atoms. The second kappa shape index (κ2) is 4.35. The van der Waals surface area contributed by atoms with Gasteiger partial charge in [0, 0.05) is 12.6 Å².